The molecular formula is C13H27NOS. The van der Waals surface area contributed by atoms with Gasteiger partial charge in [0, 0.05) is 18.6 Å². The highest BCUT2D eigenvalue weighted by molar-refractivity contribution is 7.98. The van der Waals surface area contributed by atoms with Gasteiger partial charge in [-0.1, -0.05) is 13.8 Å². The second-order valence-electron chi connectivity index (χ2n) is 5.39. The van der Waals surface area contributed by atoms with Crippen LogP contribution in [0.3, 0.4) is 0 Å². The van der Waals surface area contributed by atoms with Crippen LogP contribution in [-0.4, -0.2) is 37.8 Å². The molecule has 2 nitrogen and oxygen atoms in total. The van der Waals surface area contributed by atoms with E-state index in [0.29, 0.717) is 11.5 Å². The number of ether oxygens (including phenoxy) is 1. The molecule has 1 N–H and O–H groups in total. The lowest BCUT2D eigenvalue weighted by molar-refractivity contribution is 0.0613. The van der Waals surface area contributed by atoms with Gasteiger partial charge in [0.2, 0.25) is 0 Å². The van der Waals surface area contributed by atoms with Crippen LogP contribution >= 0.6 is 11.8 Å². The number of hydrogen-bond donors (Lipinski definition) is 1. The quantitative estimate of drug-likeness (QED) is 0.745. The van der Waals surface area contributed by atoms with Crippen molar-refractivity contribution in [2.75, 3.05) is 31.7 Å². The molecule has 0 aromatic rings. The van der Waals surface area contributed by atoms with Crippen LogP contribution < -0.4 is 5.32 Å². The van der Waals surface area contributed by atoms with Crippen molar-refractivity contribution in [3.63, 3.8) is 0 Å². The van der Waals surface area contributed by atoms with E-state index in [1.807, 2.05) is 11.8 Å². The van der Waals surface area contributed by atoms with E-state index in [0.717, 1.165) is 25.6 Å². The van der Waals surface area contributed by atoms with Gasteiger partial charge in [0.1, 0.15) is 0 Å². The summed E-state index contributed by atoms with van der Waals surface area (Å²) in [5.74, 6) is 1.98. The Kier molecular flexibility index (Phi) is 6.16. The van der Waals surface area contributed by atoms with Crippen molar-refractivity contribution in [2.45, 2.75) is 39.7 Å². The molecule has 0 amide bonds. The molecule has 96 valence electrons. The molecule has 0 saturated carbocycles. The first-order valence-corrected chi connectivity index (χ1v) is 7.81. The fraction of sp³-hybridized carbons (Fsp3) is 1.00. The lowest BCUT2D eigenvalue weighted by Gasteiger charge is -2.32. The van der Waals surface area contributed by atoms with Crippen molar-refractivity contribution < 1.29 is 4.74 Å². The third-order valence-corrected chi connectivity index (χ3v) is 4.28. The summed E-state index contributed by atoms with van der Waals surface area (Å²) < 4.78 is 5.77. The first-order chi connectivity index (χ1) is 7.60. The zero-order valence-corrected chi connectivity index (χ0v) is 12.0. The van der Waals surface area contributed by atoms with Gasteiger partial charge < -0.3 is 10.1 Å². The highest BCUT2D eigenvalue weighted by Crippen LogP contribution is 2.38. The molecule has 1 fully saturated rings. The van der Waals surface area contributed by atoms with Gasteiger partial charge >= 0.3 is 0 Å². The largest absolute Gasteiger partial charge is 0.378 e. The standard InChI is InChI=1S/C13H27NOS/c1-11(2)9-14-10-13(6-8-16-4)5-7-15-12(13)3/h11-12,14H,5-10H2,1-4H3. The topological polar surface area (TPSA) is 21.3 Å². The molecule has 2 atom stereocenters. The Morgan fingerprint density at radius 1 is 1.50 bits per heavy atom. The molecular weight excluding hydrogens is 218 g/mol. The van der Waals surface area contributed by atoms with E-state index in [-0.39, 0.29) is 0 Å². The number of hydrogen-bond acceptors (Lipinski definition) is 3. The Morgan fingerprint density at radius 3 is 2.75 bits per heavy atom. The summed E-state index contributed by atoms with van der Waals surface area (Å²) in [6, 6.07) is 0. The van der Waals surface area contributed by atoms with Gasteiger partial charge in [-0.15, -0.1) is 0 Å². The van der Waals surface area contributed by atoms with E-state index in [1.54, 1.807) is 0 Å². The summed E-state index contributed by atoms with van der Waals surface area (Å²) in [5.41, 5.74) is 0.387. The second-order valence-corrected chi connectivity index (χ2v) is 6.38. The monoisotopic (exact) mass is 245 g/mol. The Bertz CT molecular complexity index is 198. The average molecular weight is 245 g/mol. The molecule has 0 aromatic heterocycles. The molecule has 2 unspecified atom stereocenters. The maximum Gasteiger partial charge on any atom is 0.0616 e. The van der Waals surface area contributed by atoms with Crippen LogP contribution in [0.1, 0.15) is 33.6 Å². The molecule has 3 heteroatoms. The summed E-state index contributed by atoms with van der Waals surface area (Å²) >= 11 is 1.95. The van der Waals surface area contributed by atoms with Gasteiger partial charge in [-0.25, -0.2) is 0 Å². The van der Waals surface area contributed by atoms with Crippen LogP contribution in [0.25, 0.3) is 0 Å². The van der Waals surface area contributed by atoms with Crippen molar-refractivity contribution in [3.8, 4) is 0 Å². The minimum atomic E-state index is 0.387. The van der Waals surface area contributed by atoms with Crippen LogP contribution in [0.5, 0.6) is 0 Å². The molecule has 1 aliphatic heterocycles. The number of nitrogens with one attached hydrogen (secondary N) is 1. The summed E-state index contributed by atoms with van der Waals surface area (Å²) in [7, 11) is 0. The lowest BCUT2D eigenvalue weighted by atomic mass is 9.79. The Balaban J connectivity index is 2.43. The maximum absolute atomic E-state index is 5.77. The van der Waals surface area contributed by atoms with Gasteiger partial charge in [0.15, 0.2) is 0 Å². The highest BCUT2D eigenvalue weighted by atomic mass is 32.2. The van der Waals surface area contributed by atoms with E-state index < -0.39 is 0 Å². The smallest absolute Gasteiger partial charge is 0.0616 e. The summed E-state index contributed by atoms with van der Waals surface area (Å²) in [6.45, 7) is 9.94. The predicted octanol–water partition coefficient (Wildman–Crippen LogP) is 2.78. The van der Waals surface area contributed by atoms with E-state index >= 15 is 0 Å². The maximum atomic E-state index is 5.77. The summed E-state index contributed by atoms with van der Waals surface area (Å²) in [6.07, 6.45) is 5.11. The zero-order valence-electron chi connectivity index (χ0n) is 11.2. The summed E-state index contributed by atoms with van der Waals surface area (Å²) in [4.78, 5) is 0. The first-order valence-electron chi connectivity index (χ1n) is 6.42. The minimum absolute atomic E-state index is 0.387. The van der Waals surface area contributed by atoms with Crippen molar-refractivity contribution >= 4 is 11.8 Å². The molecule has 1 saturated heterocycles. The molecule has 1 heterocycles. The van der Waals surface area contributed by atoms with Crippen molar-refractivity contribution in [1.29, 1.82) is 0 Å². The zero-order chi connectivity index (χ0) is 12.0. The van der Waals surface area contributed by atoms with Crippen LogP contribution in [0.15, 0.2) is 0 Å². The van der Waals surface area contributed by atoms with Crippen molar-refractivity contribution in [2.24, 2.45) is 11.3 Å². The lowest BCUT2D eigenvalue weighted by Crippen LogP contribution is -2.41. The third-order valence-electron chi connectivity index (χ3n) is 3.66. The minimum Gasteiger partial charge on any atom is -0.378 e. The fourth-order valence-electron chi connectivity index (χ4n) is 2.38. The second kappa shape index (κ2) is 6.87. The van der Waals surface area contributed by atoms with Gasteiger partial charge in [0.25, 0.3) is 0 Å². The molecule has 0 radical (unpaired) electrons. The van der Waals surface area contributed by atoms with Gasteiger partial charge in [-0.2, -0.15) is 11.8 Å². The van der Waals surface area contributed by atoms with Gasteiger partial charge in [-0.3, -0.25) is 0 Å². The van der Waals surface area contributed by atoms with E-state index in [9.17, 15) is 0 Å². The summed E-state index contributed by atoms with van der Waals surface area (Å²) in [5, 5.41) is 3.62. The van der Waals surface area contributed by atoms with E-state index in [2.05, 4.69) is 32.3 Å². The Labute approximate surface area is 105 Å². The average Bonchev–Trinajstić information content (AvgIpc) is 2.58. The molecule has 1 rings (SSSR count). The first kappa shape index (κ1) is 14.3. The van der Waals surface area contributed by atoms with Crippen LogP contribution in [0, 0.1) is 11.3 Å². The predicted molar refractivity (Wildman–Crippen MR) is 73.2 cm³/mol. The normalized spacial score (nSPS) is 30.2. The van der Waals surface area contributed by atoms with Crippen molar-refractivity contribution in [3.05, 3.63) is 0 Å². The van der Waals surface area contributed by atoms with Crippen LogP contribution in [0.2, 0.25) is 0 Å². The van der Waals surface area contributed by atoms with Gasteiger partial charge in [-0.05, 0) is 44.2 Å². The fourth-order valence-corrected chi connectivity index (χ4v) is 2.99. The van der Waals surface area contributed by atoms with E-state index in [1.165, 1.54) is 18.6 Å². The molecule has 1 aliphatic rings. The molecule has 0 aromatic carbocycles. The number of thioether (sulfide) groups is 1. The Hall–Kier alpha value is 0.270. The van der Waals surface area contributed by atoms with Gasteiger partial charge in [0.05, 0.1) is 6.10 Å². The molecule has 0 spiro atoms. The van der Waals surface area contributed by atoms with E-state index in [4.69, 9.17) is 4.74 Å². The molecule has 0 bridgehead atoms. The molecule has 0 aliphatic carbocycles. The van der Waals surface area contributed by atoms with Crippen LogP contribution in [-0.2, 0) is 4.74 Å². The SMILES string of the molecule is CSCCC1(CNCC(C)C)CCOC1C. The third kappa shape index (κ3) is 3.94. The molecule has 16 heavy (non-hydrogen) atoms. The highest BCUT2D eigenvalue weighted by Gasteiger charge is 2.40. The van der Waals surface area contributed by atoms with Crippen molar-refractivity contribution in [1.82, 2.24) is 5.32 Å². The van der Waals surface area contributed by atoms with Crippen LogP contribution in [0.4, 0.5) is 0 Å². The number of rotatable bonds is 7. The Morgan fingerprint density at radius 2 is 2.25 bits per heavy atom.